The lowest BCUT2D eigenvalue weighted by molar-refractivity contribution is 0.0872. The molecular weight excluding hydrogens is 242 g/mol. The lowest BCUT2D eigenvalue weighted by Gasteiger charge is -2.26. The highest BCUT2D eigenvalue weighted by molar-refractivity contribution is 5.93. The molecule has 1 saturated carbocycles. The third-order valence-electron chi connectivity index (χ3n) is 4.11. The number of hydrogen-bond acceptors (Lipinski definition) is 3. The van der Waals surface area contributed by atoms with E-state index in [1.54, 1.807) is 12.3 Å². The van der Waals surface area contributed by atoms with E-state index in [-0.39, 0.29) is 17.9 Å². The van der Waals surface area contributed by atoms with Crippen molar-refractivity contribution in [2.45, 2.75) is 39.2 Å². The fourth-order valence-electron chi connectivity index (χ4n) is 2.86. The van der Waals surface area contributed by atoms with Crippen LogP contribution in [0.5, 0.6) is 0 Å². The van der Waals surface area contributed by atoms with Crippen LogP contribution in [0.15, 0.2) is 12.3 Å². The number of nitrogen functional groups attached to an aromatic ring is 1. The summed E-state index contributed by atoms with van der Waals surface area (Å²) in [5.74, 6) is -0.113. The Morgan fingerprint density at radius 3 is 2.79 bits per heavy atom. The van der Waals surface area contributed by atoms with Crippen LogP contribution in [0, 0.1) is 5.41 Å². The number of hydrogen-bond donors (Lipinski definition) is 3. The molecule has 5 nitrogen and oxygen atoms in total. The Bertz CT molecular complexity index is 448. The maximum Gasteiger partial charge on any atom is 0.268 e. The van der Waals surface area contributed by atoms with Gasteiger partial charge in [0.2, 0.25) is 0 Å². The molecule has 0 saturated heterocycles. The summed E-state index contributed by atoms with van der Waals surface area (Å²) in [5.41, 5.74) is 6.79. The van der Waals surface area contributed by atoms with Crippen molar-refractivity contribution < 1.29 is 9.90 Å². The van der Waals surface area contributed by atoms with E-state index in [4.69, 9.17) is 5.73 Å². The number of anilines is 1. The Morgan fingerprint density at radius 2 is 2.21 bits per heavy atom. The highest BCUT2D eigenvalue weighted by atomic mass is 16.3. The van der Waals surface area contributed by atoms with Crippen molar-refractivity contribution in [1.82, 2.24) is 9.88 Å². The fraction of sp³-hybridized carbons (Fsp3) is 0.643. The molecule has 1 aliphatic carbocycles. The van der Waals surface area contributed by atoms with Gasteiger partial charge in [-0.1, -0.05) is 12.8 Å². The summed E-state index contributed by atoms with van der Waals surface area (Å²) >= 11 is 0. The molecule has 1 aromatic rings. The number of aromatic nitrogens is 1. The first-order valence-corrected chi connectivity index (χ1v) is 6.95. The summed E-state index contributed by atoms with van der Waals surface area (Å²) in [6.45, 7) is 3.37. The molecule has 0 bridgehead atoms. The van der Waals surface area contributed by atoms with Gasteiger partial charge in [0.25, 0.3) is 5.91 Å². The average molecular weight is 265 g/mol. The molecule has 4 N–H and O–H groups in total. The molecule has 1 heterocycles. The van der Waals surface area contributed by atoms with Crippen LogP contribution >= 0.6 is 0 Å². The molecule has 0 radical (unpaired) electrons. The maximum absolute atomic E-state index is 12.2. The highest BCUT2D eigenvalue weighted by Crippen LogP contribution is 2.36. The van der Waals surface area contributed by atoms with Gasteiger partial charge in [-0.3, -0.25) is 4.79 Å². The van der Waals surface area contributed by atoms with Gasteiger partial charge in [-0.2, -0.15) is 0 Å². The zero-order chi connectivity index (χ0) is 13.9. The Labute approximate surface area is 113 Å². The van der Waals surface area contributed by atoms with Crippen molar-refractivity contribution >= 4 is 11.6 Å². The van der Waals surface area contributed by atoms with Gasteiger partial charge in [-0.25, -0.2) is 0 Å². The molecule has 5 heteroatoms. The topological polar surface area (TPSA) is 80.3 Å². The second kappa shape index (κ2) is 5.65. The van der Waals surface area contributed by atoms with E-state index in [9.17, 15) is 9.90 Å². The number of carbonyl (C=O) groups is 1. The zero-order valence-corrected chi connectivity index (χ0v) is 11.5. The monoisotopic (exact) mass is 265 g/mol. The Balaban J connectivity index is 2.01. The van der Waals surface area contributed by atoms with Gasteiger partial charge in [0.1, 0.15) is 5.69 Å². The standard InChI is InChI=1S/C14H23N3O2/c1-2-17-8-11(15)7-12(17)13(19)16-9-14(10-18)5-3-4-6-14/h7-8,18H,2-6,9-10,15H2,1H3,(H,16,19). The van der Waals surface area contributed by atoms with Crippen LogP contribution in [0.3, 0.4) is 0 Å². The molecule has 1 amide bonds. The SMILES string of the molecule is CCn1cc(N)cc1C(=O)NCC1(CO)CCCC1. The smallest absolute Gasteiger partial charge is 0.268 e. The maximum atomic E-state index is 12.2. The quantitative estimate of drug-likeness (QED) is 0.752. The Kier molecular flexibility index (Phi) is 4.14. The van der Waals surface area contributed by atoms with E-state index >= 15 is 0 Å². The second-order valence-corrected chi connectivity index (χ2v) is 5.49. The van der Waals surface area contributed by atoms with Gasteiger partial charge < -0.3 is 20.7 Å². The number of aliphatic hydroxyl groups excluding tert-OH is 1. The number of carbonyl (C=O) groups excluding carboxylic acids is 1. The number of aryl methyl sites for hydroxylation is 1. The van der Waals surface area contributed by atoms with Gasteiger partial charge in [0.05, 0.1) is 12.3 Å². The minimum atomic E-state index is -0.120. The molecule has 1 aromatic heterocycles. The highest BCUT2D eigenvalue weighted by Gasteiger charge is 2.33. The molecule has 0 atom stereocenters. The van der Waals surface area contributed by atoms with Gasteiger partial charge in [0.15, 0.2) is 0 Å². The predicted octanol–water partition coefficient (Wildman–Crippen LogP) is 1.37. The molecule has 106 valence electrons. The third-order valence-corrected chi connectivity index (χ3v) is 4.11. The van der Waals surface area contributed by atoms with E-state index in [0.29, 0.717) is 24.5 Å². The first-order chi connectivity index (χ1) is 9.10. The van der Waals surface area contributed by atoms with Gasteiger partial charge >= 0.3 is 0 Å². The molecule has 2 rings (SSSR count). The normalized spacial score (nSPS) is 17.6. The molecule has 19 heavy (non-hydrogen) atoms. The summed E-state index contributed by atoms with van der Waals surface area (Å²) in [6.07, 6.45) is 6.01. The van der Waals surface area contributed by atoms with E-state index in [1.165, 1.54) is 0 Å². The molecule has 0 spiro atoms. The Hall–Kier alpha value is -1.49. The minimum Gasteiger partial charge on any atom is -0.397 e. The largest absolute Gasteiger partial charge is 0.397 e. The summed E-state index contributed by atoms with van der Waals surface area (Å²) in [7, 11) is 0. The number of nitrogens with zero attached hydrogens (tertiary/aromatic N) is 1. The number of nitrogens with one attached hydrogen (secondary N) is 1. The van der Waals surface area contributed by atoms with Crippen molar-refractivity contribution in [1.29, 1.82) is 0 Å². The van der Waals surface area contributed by atoms with Crippen molar-refractivity contribution in [3.05, 3.63) is 18.0 Å². The summed E-state index contributed by atoms with van der Waals surface area (Å²) in [5, 5.41) is 12.5. The number of nitrogens with two attached hydrogens (primary N) is 1. The lowest BCUT2D eigenvalue weighted by atomic mass is 9.87. The fourth-order valence-corrected chi connectivity index (χ4v) is 2.86. The first kappa shape index (κ1) is 13.9. The van der Waals surface area contributed by atoms with E-state index < -0.39 is 0 Å². The van der Waals surface area contributed by atoms with E-state index in [2.05, 4.69) is 5.32 Å². The number of rotatable bonds is 5. The van der Waals surface area contributed by atoms with Crippen LogP contribution in [0.25, 0.3) is 0 Å². The predicted molar refractivity (Wildman–Crippen MR) is 74.8 cm³/mol. The van der Waals surface area contributed by atoms with E-state index in [1.807, 2.05) is 11.5 Å². The molecule has 1 fully saturated rings. The summed E-state index contributed by atoms with van der Waals surface area (Å²) < 4.78 is 1.84. The van der Waals surface area contributed by atoms with Gasteiger partial charge in [-0.05, 0) is 25.8 Å². The second-order valence-electron chi connectivity index (χ2n) is 5.49. The van der Waals surface area contributed by atoms with Crippen LogP contribution in [-0.4, -0.2) is 28.7 Å². The van der Waals surface area contributed by atoms with Gasteiger partial charge in [0, 0.05) is 24.7 Å². The van der Waals surface area contributed by atoms with Crippen molar-refractivity contribution in [2.24, 2.45) is 5.41 Å². The molecular formula is C14H23N3O2. The third kappa shape index (κ3) is 2.92. The number of amides is 1. The minimum absolute atomic E-state index is 0.113. The van der Waals surface area contributed by atoms with Crippen LogP contribution in [0.1, 0.15) is 43.1 Å². The summed E-state index contributed by atoms with van der Waals surface area (Å²) in [4.78, 5) is 12.2. The molecule has 0 aromatic carbocycles. The molecule has 0 aliphatic heterocycles. The Morgan fingerprint density at radius 1 is 1.53 bits per heavy atom. The first-order valence-electron chi connectivity index (χ1n) is 6.95. The van der Waals surface area contributed by atoms with Crippen molar-refractivity contribution in [2.75, 3.05) is 18.9 Å². The van der Waals surface area contributed by atoms with Crippen molar-refractivity contribution in [3.8, 4) is 0 Å². The van der Waals surface area contributed by atoms with E-state index in [0.717, 1.165) is 25.7 Å². The van der Waals surface area contributed by atoms with Gasteiger partial charge in [-0.15, -0.1) is 0 Å². The van der Waals surface area contributed by atoms with Crippen LogP contribution < -0.4 is 11.1 Å². The van der Waals surface area contributed by atoms with Crippen LogP contribution in [0.4, 0.5) is 5.69 Å². The molecule has 0 unspecified atom stereocenters. The van der Waals surface area contributed by atoms with Crippen LogP contribution in [-0.2, 0) is 6.54 Å². The van der Waals surface area contributed by atoms with Crippen molar-refractivity contribution in [3.63, 3.8) is 0 Å². The zero-order valence-electron chi connectivity index (χ0n) is 11.5. The van der Waals surface area contributed by atoms with Crippen LogP contribution in [0.2, 0.25) is 0 Å². The molecule has 1 aliphatic rings. The average Bonchev–Trinajstić information content (AvgIpc) is 3.03. The summed E-state index contributed by atoms with van der Waals surface area (Å²) in [6, 6.07) is 1.69. The lowest BCUT2D eigenvalue weighted by Crippen LogP contribution is -2.38. The number of aliphatic hydroxyl groups is 1.